The highest BCUT2D eigenvalue weighted by molar-refractivity contribution is 6.72. The molecule has 3 aromatic carbocycles. The van der Waals surface area contributed by atoms with Crippen molar-refractivity contribution in [2.24, 2.45) is 5.92 Å². The summed E-state index contributed by atoms with van der Waals surface area (Å²) in [5.41, 5.74) is 2.28. The maximum atomic E-state index is 16.4. The van der Waals surface area contributed by atoms with Crippen LogP contribution >= 0.6 is 11.6 Å². The minimum absolute atomic E-state index is 0.114. The summed E-state index contributed by atoms with van der Waals surface area (Å²) in [4.78, 5) is 57.4. The van der Waals surface area contributed by atoms with E-state index < -0.39 is 49.8 Å². The van der Waals surface area contributed by atoms with Gasteiger partial charge in [-0.05, 0) is 66.5 Å². The lowest BCUT2D eigenvalue weighted by Gasteiger charge is -2.39. The van der Waals surface area contributed by atoms with E-state index in [-0.39, 0.29) is 43.7 Å². The highest BCUT2D eigenvalue weighted by atomic mass is 35.5. The average molecular weight is 734 g/mol. The van der Waals surface area contributed by atoms with Gasteiger partial charge >= 0.3 is 5.97 Å². The molecule has 51 heavy (non-hydrogen) atoms. The van der Waals surface area contributed by atoms with E-state index in [4.69, 9.17) is 21.1 Å². The Hall–Kier alpha value is -4.10. The third-order valence-corrected chi connectivity index (χ3v) is 13.6. The first-order valence-corrected chi connectivity index (χ1v) is 20.6. The number of aliphatic hydroxyl groups is 1. The number of aliphatic hydroxyl groups excluding tert-OH is 1. The zero-order chi connectivity index (χ0) is 36.4. The number of hydrogen-bond acceptors (Lipinski definition) is 7. The fraction of sp³-hybridized carbons (Fsp3) is 0.421. The number of β-lactam (4-membered cyclic amide) rings is 1. The number of nitrogens with zero attached hydrogens (tertiary/aromatic N) is 3. The number of esters is 1. The van der Waals surface area contributed by atoms with Crippen LogP contribution in [0, 0.1) is 5.92 Å². The van der Waals surface area contributed by atoms with Gasteiger partial charge in [0, 0.05) is 41.2 Å². The fourth-order valence-electron chi connectivity index (χ4n) is 8.64. The van der Waals surface area contributed by atoms with Gasteiger partial charge in [0.1, 0.15) is 0 Å². The number of benzene rings is 3. The summed E-state index contributed by atoms with van der Waals surface area (Å²) >= 11 is 6.53. The van der Waals surface area contributed by atoms with Gasteiger partial charge in [-0.25, -0.2) is 0 Å². The van der Waals surface area contributed by atoms with Crippen LogP contribution in [0.1, 0.15) is 48.9 Å². The number of hydrogen-bond donors (Lipinski definition) is 1. The Bertz CT molecular complexity index is 1900. The van der Waals surface area contributed by atoms with Gasteiger partial charge < -0.3 is 28.5 Å². The quantitative estimate of drug-likeness (QED) is 0.138. The zero-order valence-electron chi connectivity index (χ0n) is 29.0. The van der Waals surface area contributed by atoms with Crippen LogP contribution in [0.2, 0.25) is 23.7 Å². The molecule has 0 saturated carbocycles. The molecular weight excluding hydrogens is 693 g/mol. The summed E-state index contributed by atoms with van der Waals surface area (Å²) in [6.07, 6.45) is -1.05. The third-order valence-electron chi connectivity index (χ3n) is 10.9. The van der Waals surface area contributed by atoms with Gasteiger partial charge in [0.25, 0.3) is 5.91 Å². The van der Waals surface area contributed by atoms with E-state index in [1.165, 1.54) is 11.8 Å². The first kappa shape index (κ1) is 35.3. The Labute approximate surface area is 302 Å². The molecule has 268 valence electrons. The largest absolute Gasteiger partial charge is 0.441 e. The molecule has 4 aliphatic heterocycles. The standard InChI is InChI=1S/C38H41ClFN3O7Si/c1-22-36(51(3,4)40)32(17-33(46)41-20-26-8-6-5-7-25(26)15-29(41)21-44)50-38(22)30-16-27(39)11-14-31(30)42(37(38)48)19-24-9-12-28(13-10-24)43-34(47)18-35(43)49-23(2)45/h5-14,16,22,29,32,35-36,44H,15,17-21H2,1-4H3/t22-,29+,32+,35?,36-,38+/m1/s1. The monoisotopic (exact) mass is 733 g/mol. The zero-order valence-corrected chi connectivity index (χ0v) is 30.7. The summed E-state index contributed by atoms with van der Waals surface area (Å²) in [6, 6.07) is 19.7. The minimum atomic E-state index is -3.55. The first-order valence-electron chi connectivity index (χ1n) is 17.3. The highest BCUT2D eigenvalue weighted by Gasteiger charge is 2.67. The second-order valence-corrected chi connectivity index (χ2v) is 18.8. The van der Waals surface area contributed by atoms with E-state index in [2.05, 4.69) is 0 Å². The van der Waals surface area contributed by atoms with E-state index in [1.807, 2.05) is 31.2 Å². The third kappa shape index (κ3) is 6.05. The van der Waals surface area contributed by atoms with Crippen molar-refractivity contribution < 1.29 is 37.9 Å². The number of carbonyl (C=O) groups is 4. The summed E-state index contributed by atoms with van der Waals surface area (Å²) in [5, 5.41) is 10.6. The lowest BCUT2D eigenvalue weighted by molar-refractivity contribution is -0.154. The number of ether oxygens (including phenoxy) is 2. The molecule has 7 rings (SSSR count). The molecule has 1 spiro atoms. The molecule has 2 saturated heterocycles. The molecule has 1 N–H and O–H groups in total. The molecular formula is C38H41ClFN3O7Si. The highest BCUT2D eigenvalue weighted by Crippen LogP contribution is 2.60. The van der Waals surface area contributed by atoms with Crippen LogP contribution in [-0.4, -0.2) is 67.1 Å². The first-order chi connectivity index (χ1) is 24.2. The summed E-state index contributed by atoms with van der Waals surface area (Å²) < 4.78 is 28.5. The van der Waals surface area contributed by atoms with Gasteiger partial charge in [0.05, 0.1) is 43.8 Å². The van der Waals surface area contributed by atoms with Gasteiger partial charge in [-0.2, -0.15) is 0 Å². The smallest absolute Gasteiger partial charge is 0.304 e. The topological polar surface area (TPSA) is 117 Å². The molecule has 2 fully saturated rings. The summed E-state index contributed by atoms with van der Waals surface area (Å²) in [5.74, 6) is -1.88. The molecule has 10 nitrogen and oxygen atoms in total. The SMILES string of the molecule is CC(=O)OC1CC(=O)N1c1ccc(CN2C(=O)[C@@]3(O[C@@H](CC(=O)N4Cc5ccccc5C[C@H]4CO)[C@H]([Si](C)(C)F)[C@H]3C)c3cc(Cl)ccc32)cc1. The molecule has 4 aliphatic rings. The van der Waals surface area contributed by atoms with Crippen molar-refractivity contribution in [2.45, 2.75) is 88.8 Å². The summed E-state index contributed by atoms with van der Waals surface area (Å²) in [6.45, 7) is 6.59. The Morgan fingerprint density at radius 1 is 1.06 bits per heavy atom. The van der Waals surface area contributed by atoms with E-state index in [0.717, 1.165) is 16.7 Å². The number of anilines is 2. The average Bonchev–Trinajstić information content (AvgIpc) is 3.50. The predicted octanol–water partition coefficient (Wildman–Crippen LogP) is 5.62. The van der Waals surface area contributed by atoms with Gasteiger partial charge in [-0.3, -0.25) is 24.1 Å². The Morgan fingerprint density at radius 2 is 1.76 bits per heavy atom. The molecule has 0 aromatic heterocycles. The van der Waals surface area contributed by atoms with Crippen LogP contribution in [0.5, 0.6) is 0 Å². The Balaban J connectivity index is 1.17. The maximum absolute atomic E-state index is 16.4. The van der Waals surface area contributed by atoms with Crippen LogP contribution in [0.25, 0.3) is 0 Å². The van der Waals surface area contributed by atoms with Gasteiger partial charge in [0.15, 0.2) is 11.8 Å². The van der Waals surface area contributed by atoms with Crippen molar-refractivity contribution in [3.8, 4) is 0 Å². The molecule has 3 amide bonds. The van der Waals surface area contributed by atoms with Crippen LogP contribution < -0.4 is 9.80 Å². The minimum Gasteiger partial charge on any atom is -0.441 e. The maximum Gasteiger partial charge on any atom is 0.304 e. The molecule has 13 heteroatoms. The van der Waals surface area contributed by atoms with Crippen molar-refractivity contribution in [1.82, 2.24) is 4.90 Å². The number of carbonyl (C=O) groups excluding carboxylic acids is 4. The Morgan fingerprint density at radius 3 is 2.41 bits per heavy atom. The number of rotatable bonds is 8. The molecule has 0 aliphatic carbocycles. The molecule has 3 aromatic rings. The lowest BCUT2D eigenvalue weighted by atomic mass is 9.82. The molecule has 4 heterocycles. The van der Waals surface area contributed by atoms with Crippen molar-refractivity contribution in [3.05, 3.63) is 94.0 Å². The molecule has 6 atom stereocenters. The van der Waals surface area contributed by atoms with Gasteiger partial charge in [0.2, 0.25) is 20.2 Å². The molecule has 1 unspecified atom stereocenters. The second-order valence-electron chi connectivity index (χ2n) is 14.6. The van der Waals surface area contributed by atoms with E-state index >= 15 is 4.11 Å². The number of fused-ring (bicyclic) bond motifs is 3. The van der Waals surface area contributed by atoms with E-state index in [1.54, 1.807) is 65.4 Å². The van der Waals surface area contributed by atoms with Crippen molar-refractivity contribution in [3.63, 3.8) is 0 Å². The fourth-order valence-corrected chi connectivity index (χ4v) is 11.3. The second kappa shape index (κ2) is 13.1. The van der Waals surface area contributed by atoms with Crippen LogP contribution in [0.3, 0.4) is 0 Å². The number of amides is 3. The lowest BCUT2D eigenvalue weighted by Crippen LogP contribution is -2.54. The van der Waals surface area contributed by atoms with E-state index in [9.17, 15) is 24.3 Å². The van der Waals surface area contributed by atoms with Crippen molar-refractivity contribution in [2.75, 3.05) is 16.4 Å². The molecule has 0 radical (unpaired) electrons. The van der Waals surface area contributed by atoms with Crippen LogP contribution in [0.4, 0.5) is 15.5 Å². The van der Waals surface area contributed by atoms with Gasteiger partial charge in [-0.15, -0.1) is 0 Å². The predicted molar refractivity (Wildman–Crippen MR) is 191 cm³/mol. The van der Waals surface area contributed by atoms with Crippen LogP contribution in [-0.2, 0) is 53.8 Å². The van der Waals surface area contributed by atoms with Crippen molar-refractivity contribution in [1.29, 1.82) is 0 Å². The normalized spacial score (nSPS) is 27.0. The number of halogens is 2. The van der Waals surface area contributed by atoms with Gasteiger partial charge in [-0.1, -0.05) is 54.9 Å². The van der Waals surface area contributed by atoms with Crippen molar-refractivity contribution >= 4 is 55.1 Å². The summed E-state index contributed by atoms with van der Waals surface area (Å²) in [7, 11) is -3.55. The Kier molecular flexibility index (Phi) is 9.10. The van der Waals surface area contributed by atoms with E-state index in [0.29, 0.717) is 34.9 Å². The van der Waals surface area contributed by atoms with Crippen LogP contribution in [0.15, 0.2) is 66.7 Å². The molecule has 0 bridgehead atoms.